The van der Waals surface area contributed by atoms with E-state index in [2.05, 4.69) is 5.32 Å². The second-order valence-electron chi connectivity index (χ2n) is 2.14. The average molecular weight is 124 g/mol. The number of nitriles is 1. The van der Waals surface area contributed by atoms with E-state index in [9.17, 15) is 4.79 Å². The molecule has 0 aromatic heterocycles. The summed E-state index contributed by atoms with van der Waals surface area (Å²) in [6.07, 6.45) is 1.19. The van der Waals surface area contributed by atoms with Crippen LogP contribution in [0.1, 0.15) is 12.8 Å². The first-order valence-corrected chi connectivity index (χ1v) is 2.99. The van der Waals surface area contributed by atoms with Crippen LogP contribution in [0.15, 0.2) is 0 Å². The molecular formula is C6H8N2O. The van der Waals surface area contributed by atoms with Crippen LogP contribution in [0.25, 0.3) is 0 Å². The number of amides is 1. The van der Waals surface area contributed by atoms with E-state index in [-0.39, 0.29) is 11.8 Å². The molecule has 1 aliphatic heterocycles. The van der Waals surface area contributed by atoms with Gasteiger partial charge in [0.1, 0.15) is 0 Å². The van der Waals surface area contributed by atoms with E-state index in [0.29, 0.717) is 6.42 Å². The minimum atomic E-state index is -0.0324. The molecule has 0 aliphatic carbocycles. The van der Waals surface area contributed by atoms with Gasteiger partial charge in [-0.25, -0.2) is 0 Å². The summed E-state index contributed by atoms with van der Waals surface area (Å²) in [4.78, 5) is 10.7. The van der Waals surface area contributed by atoms with Gasteiger partial charge in [-0.1, -0.05) is 0 Å². The lowest BCUT2D eigenvalue weighted by atomic mass is 10.1. The zero-order valence-electron chi connectivity index (χ0n) is 5.05. The third-order valence-corrected chi connectivity index (χ3v) is 1.50. The fourth-order valence-electron chi connectivity index (χ4n) is 0.950. The molecule has 1 amide bonds. The fraction of sp³-hybridized carbons (Fsp3) is 0.667. The van der Waals surface area contributed by atoms with Gasteiger partial charge in [-0.05, 0) is 6.42 Å². The summed E-state index contributed by atoms with van der Waals surface area (Å²) in [5, 5.41) is 10.9. The van der Waals surface area contributed by atoms with E-state index >= 15 is 0 Å². The monoisotopic (exact) mass is 124 g/mol. The summed E-state index contributed by atoms with van der Waals surface area (Å²) in [7, 11) is 0. The van der Waals surface area contributed by atoms with E-state index in [1.165, 1.54) is 0 Å². The van der Waals surface area contributed by atoms with E-state index in [1.807, 2.05) is 6.07 Å². The molecule has 9 heavy (non-hydrogen) atoms. The van der Waals surface area contributed by atoms with Crippen molar-refractivity contribution in [1.82, 2.24) is 5.32 Å². The SMILES string of the molecule is N#CCC1CCNC1=O. The van der Waals surface area contributed by atoms with Crippen molar-refractivity contribution in [3.63, 3.8) is 0 Å². The van der Waals surface area contributed by atoms with Crippen LogP contribution >= 0.6 is 0 Å². The van der Waals surface area contributed by atoms with Gasteiger partial charge in [-0.2, -0.15) is 5.26 Å². The number of nitrogens with one attached hydrogen (secondary N) is 1. The van der Waals surface area contributed by atoms with Gasteiger partial charge in [-0.15, -0.1) is 0 Å². The first-order valence-electron chi connectivity index (χ1n) is 2.99. The highest BCUT2D eigenvalue weighted by molar-refractivity contribution is 5.80. The van der Waals surface area contributed by atoms with Crippen LogP contribution < -0.4 is 5.32 Å². The third-order valence-electron chi connectivity index (χ3n) is 1.50. The number of hydrogen-bond donors (Lipinski definition) is 1. The number of hydrogen-bond acceptors (Lipinski definition) is 2. The number of rotatable bonds is 1. The summed E-state index contributed by atoms with van der Waals surface area (Å²) < 4.78 is 0. The Morgan fingerprint density at radius 1 is 1.89 bits per heavy atom. The second-order valence-corrected chi connectivity index (χ2v) is 2.14. The average Bonchev–Trinajstić information content (AvgIpc) is 2.18. The van der Waals surface area contributed by atoms with Crippen LogP contribution in [0.2, 0.25) is 0 Å². The zero-order chi connectivity index (χ0) is 6.69. The van der Waals surface area contributed by atoms with Crippen molar-refractivity contribution in [3.05, 3.63) is 0 Å². The Bertz CT molecular complexity index is 159. The van der Waals surface area contributed by atoms with E-state index in [4.69, 9.17) is 5.26 Å². The maximum absolute atomic E-state index is 10.7. The van der Waals surface area contributed by atoms with Crippen molar-refractivity contribution >= 4 is 5.91 Å². The van der Waals surface area contributed by atoms with Crippen molar-refractivity contribution in [3.8, 4) is 6.07 Å². The van der Waals surface area contributed by atoms with Gasteiger partial charge < -0.3 is 5.32 Å². The van der Waals surface area contributed by atoms with Gasteiger partial charge in [0.25, 0.3) is 0 Å². The van der Waals surface area contributed by atoms with Gasteiger partial charge in [0.05, 0.1) is 12.0 Å². The Balaban J connectivity index is 2.42. The minimum absolute atomic E-state index is 0.0324. The summed E-state index contributed by atoms with van der Waals surface area (Å²) in [5.74, 6) is 0.00606. The maximum Gasteiger partial charge on any atom is 0.224 e. The molecule has 0 spiro atoms. The topological polar surface area (TPSA) is 52.9 Å². The predicted molar refractivity (Wildman–Crippen MR) is 31.3 cm³/mol. The Kier molecular flexibility index (Phi) is 1.69. The molecule has 3 nitrogen and oxygen atoms in total. The molecule has 1 N–H and O–H groups in total. The van der Waals surface area contributed by atoms with Gasteiger partial charge in [-0.3, -0.25) is 4.79 Å². The van der Waals surface area contributed by atoms with Crippen LogP contribution in [-0.4, -0.2) is 12.5 Å². The lowest BCUT2D eigenvalue weighted by Gasteiger charge is -1.95. The first kappa shape index (κ1) is 6.09. The standard InChI is InChI=1S/C6H8N2O/c7-3-1-5-2-4-8-6(5)9/h5H,1-2,4H2,(H,8,9). The molecule has 0 radical (unpaired) electrons. The highest BCUT2D eigenvalue weighted by Crippen LogP contribution is 2.11. The number of nitrogens with zero attached hydrogens (tertiary/aromatic N) is 1. The third kappa shape index (κ3) is 1.20. The van der Waals surface area contributed by atoms with E-state index in [0.717, 1.165) is 13.0 Å². The van der Waals surface area contributed by atoms with Crippen LogP contribution in [0, 0.1) is 17.2 Å². The molecular weight excluding hydrogens is 116 g/mol. The van der Waals surface area contributed by atoms with Crippen molar-refractivity contribution in [1.29, 1.82) is 5.26 Å². The lowest BCUT2D eigenvalue weighted by molar-refractivity contribution is -0.122. The molecule has 1 aliphatic rings. The van der Waals surface area contributed by atoms with Crippen LogP contribution in [0.4, 0.5) is 0 Å². The highest BCUT2D eigenvalue weighted by atomic mass is 16.2. The quantitative estimate of drug-likeness (QED) is 0.536. The molecule has 1 rings (SSSR count). The minimum Gasteiger partial charge on any atom is -0.356 e. The smallest absolute Gasteiger partial charge is 0.224 e. The van der Waals surface area contributed by atoms with Crippen molar-refractivity contribution < 1.29 is 4.79 Å². The molecule has 1 atom stereocenters. The van der Waals surface area contributed by atoms with Gasteiger partial charge in [0.2, 0.25) is 5.91 Å². The van der Waals surface area contributed by atoms with Crippen LogP contribution in [0.3, 0.4) is 0 Å². The van der Waals surface area contributed by atoms with Crippen LogP contribution in [-0.2, 0) is 4.79 Å². The first-order chi connectivity index (χ1) is 4.34. The molecule has 0 aromatic carbocycles. The Hall–Kier alpha value is -1.04. The van der Waals surface area contributed by atoms with Crippen LogP contribution in [0.5, 0.6) is 0 Å². The largest absolute Gasteiger partial charge is 0.356 e. The molecule has 0 bridgehead atoms. The summed E-state index contributed by atoms with van der Waals surface area (Å²) in [6.45, 7) is 0.741. The van der Waals surface area contributed by atoms with Gasteiger partial charge in [0.15, 0.2) is 0 Å². The van der Waals surface area contributed by atoms with E-state index in [1.54, 1.807) is 0 Å². The van der Waals surface area contributed by atoms with Crippen molar-refractivity contribution in [2.75, 3.05) is 6.54 Å². The Labute approximate surface area is 53.7 Å². The highest BCUT2D eigenvalue weighted by Gasteiger charge is 2.22. The molecule has 1 fully saturated rings. The molecule has 48 valence electrons. The Morgan fingerprint density at radius 3 is 3.11 bits per heavy atom. The number of carbonyl (C=O) groups is 1. The number of carbonyl (C=O) groups excluding carboxylic acids is 1. The summed E-state index contributed by atoms with van der Waals surface area (Å²) in [6, 6.07) is 1.98. The summed E-state index contributed by atoms with van der Waals surface area (Å²) in [5.41, 5.74) is 0. The van der Waals surface area contributed by atoms with Crippen molar-refractivity contribution in [2.24, 2.45) is 5.92 Å². The molecule has 1 unspecified atom stereocenters. The molecule has 3 heteroatoms. The van der Waals surface area contributed by atoms with Crippen molar-refractivity contribution in [2.45, 2.75) is 12.8 Å². The maximum atomic E-state index is 10.7. The fourth-order valence-corrected chi connectivity index (χ4v) is 0.950. The van der Waals surface area contributed by atoms with E-state index < -0.39 is 0 Å². The Morgan fingerprint density at radius 2 is 2.67 bits per heavy atom. The summed E-state index contributed by atoms with van der Waals surface area (Å²) >= 11 is 0. The molecule has 0 aromatic rings. The second kappa shape index (κ2) is 2.49. The molecule has 1 saturated heterocycles. The zero-order valence-corrected chi connectivity index (χ0v) is 5.05. The predicted octanol–water partition coefficient (Wildman–Crippen LogP) is 0.0362. The lowest BCUT2D eigenvalue weighted by Crippen LogP contribution is -2.18. The normalized spacial score (nSPS) is 25.2. The van der Waals surface area contributed by atoms with Gasteiger partial charge >= 0.3 is 0 Å². The van der Waals surface area contributed by atoms with Gasteiger partial charge in [0, 0.05) is 13.0 Å². The molecule has 1 heterocycles. The molecule has 0 saturated carbocycles.